The van der Waals surface area contributed by atoms with Crippen molar-refractivity contribution in [2.75, 3.05) is 44.3 Å². The zero-order valence-electron chi connectivity index (χ0n) is 17.9. The van der Waals surface area contributed by atoms with Crippen LogP contribution >= 0.6 is 11.3 Å². The summed E-state index contributed by atoms with van der Waals surface area (Å²) in [4.78, 5) is 27.6. The Kier molecular flexibility index (Phi) is 5.50. The van der Waals surface area contributed by atoms with Gasteiger partial charge in [-0.25, -0.2) is 14.8 Å². The first-order valence-electron chi connectivity index (χ1n) is 10.8. The summed E-state index contributed by atoms with van der Waals surface area (Å²) in [6.07, 6.45) is 2.61. The van der Waals surface area contributed by atoms with Gasteiger partial charge in [0.25, 0.3) is 0 Å². The van der Waals surface area contributed by atoms with Crippen LogP contribution in [-0.4, -0.2) is 60.2 Å². The second kappa shape index (κ2) is 8.43. The lowest BCUT2D eigenvalue weighted by atomic mass is 10.1. The lowest BCUT2D eigenvalue weighted by Gasteiger charge is -2.35. The molecule has 2 aliphatic heterocycles. The average Bonchev–Trinajstić information content (AvgIpc) is 3.38. The molecular formula is C23H26N4O3S. The van der Waals surface area contributed by atoms with Crippen LogP contribution in [0.4, 0.5) is 5.82 Å². The number of carbonyl (C=O) groups excluding carboxylic acids is 1. The Morgan fingerprint density at radius 2 is 2.06 bits per heavy atom. The first-order valence-corrected chi connectivity index (χ1v) is 11.6. The molecule has 0 atom stereocenters. The number of aromatic nitrogens is 2. The molecule has 2 aromatic heterocycles. The van der Waals surface area contributed by atoms with Crippen LogP contribution in [0.1, 0.15) is 33.3 Å². The molecule has 0 radical (unpaired) electrons. The monoisotopic (exact) mass is 438 g/mol. The van der Waals surface area contributed by atoms with E-state index in [1.54, 1.807) is 6.33 Å². The zero-order chi connectivity index (χ0) is 21.4. The smallest absolute Gasteiger partial charge is 0.348 e. The van der Waals surface area contributed by atoms with Crippen LogP contribution in [0.15, 0.2) is 24.5 Å². The van der Waals surface area contributed by atoms with Crippen LogP contribution in [0.25, 0.3) is 10.2 Å². The molecule has 0 unspecified atom stereocenters. The second-order valence-electron chi connectivity index (χ2n) is 7.96. The Labute approximate surface area is 185 Å². The molecule has 4 heterocycles. The van der Waals surface area contributed by atoms with Crippen LogP contribution in [-0.2, 0) is 17.7 Å². The van der Waals surface area contributed by atoms with Crippen molar-refractivity contribution in [1.82, 2.24) is 14.9 Å². The van der Waals surface area contributed by atoms with E-state index in [4.69, 9.17) is 9.47 Å². The Morgan fingerprint density at radius 3 is 2.87 bits per heavy atom. The Hall–Kier alpha value is -2.71. The number of hydrogen-bond acceptors (Lipinski definition) is 8. The number of anilines is 1. The normalized spacial score (nSPS) is 16.4. The number of benzene rings is 1. The van der Waals surface area contributed by atoms with Gasteiger partial charge in [0.15, 0.2) is 0 Å². The number of fused-ring (bicyclic) bond motifs is 2. The van der Waals surface area contributed by atoms with Crippen molar-refractivity contribution in [1.29, 1.82) is 0 Å². The molecule has 1 saturated heterocycles. The molecule has 0 saturated carbocycles. The van der Waals surface area contributed by atoms with Crippen molar-refractivity contribution >= 4 is 33.3 Å². The van der Waals surface area contributed by atoms with E-state index in [-0.39, 0.29) is 5.97 Å². The standard InChI is InChI=1S/C23H26N4O3S/c1-3-29-23(28)20-15(2)19-21(24-14-25-22(19)31-20)27-9-7-26(8-10-27)13-16-4-5-18-17(12-16)6-11-30-18/h4-5,12,14H,3,6-11,13H2,1-2H3. The highest BCUT2D eigenvalue weighted by molar-refractivity contribution is 7.20. The summed E-state index contributed by atoms with van der Waals surface area (Å²) in [5, 5.41) is 0.975. The molecule has 0 spiro atoms. The van der Waals surface area contributed by atoms with E-state index in [1.807, 2.05) is 13.8 Å². The van der Waals surface area contributed by atoms with Gasteiger partial charge in [-0.1, -0.05) is 12.1 Å². The highest BCUT2D eigenvalue weighted by atomic mass is 32.1. The highest BCUT2D eigenvalue weighted by Gasteiger charge is 2.25. The van der Waals surface area contributed by atoms with E-state index in [1.165, 1.54) is 22.5 Å². The van der Waals surface area contributed by atoms with Gasteiger partial charge in [0.05, 0.1) is 18.6 Å². The fraction of sp³-hybridized carbons (Fsp3) is 0.435. The van der Waals surface area contributed by atoms with Crippen molar-refractivity contribution in [3.05, 3.63) is 46.1 Å². The van der Waals surface area contributed by atoms with Crippen LogP contribution in [0.5, 0.6) is 5.75 Å². The molecule has 31 heavy (non-hydrogen) atoms. The van der Waals surface area contributed by atoms with E-state index in [0.717, 1.165) is 73.1 Å². The number of rotatable bonds is 5. The lowest BCUT2D eigenvalue weighted by Crippen LogP contribution is -2.46. The van der Waals surface area contributed by atoms with Crippen LogP contribution in [0.2, 0.25) is 0 Å². The molecule has 2 aliphatic rings. The third-order valence-electron chi connectivity index (χ3n) is 6.00. The molecule has 1 fully saturated rings. The van der Waals surface area contributed by atoms with Crippen molar-refractivity contribution in [2.45, 2.75) is 26.8 Å². The van der Waals surface area contributed by atoms with E-state index >= 15 is 0 Å². The minimum absolute atomic E-state index is 0.279. The van der Waals surface area contributed by atoms with Crippen molar-refractivity contribution in [2.24, 2.45) is 0 Å². The number of aryl methyl sites for hydroxylation is 1. The largest absolute Gasteiger partial charge is 0.493 e. The first-order chi connectivity index (χ1) is 15.1. The van der Waals surface area contributed by atoms with E-state index < -0.39 is 0 Å². The predicted octanol–water partition coefficient (Wildman–Crippen LogP) is 3.43. The summed E-state index contributed by atoms with van der Waals surface area (Å²) in [6, 6.07) is 6.57. The van der Waals surface area contributed by atoms with E-state index in [0.29, 0.717) is 11.5 Å². The van der Waals surface area contributed by atoms with Gasteiger partial charge >= 0.3 is 5.97 Å². The fourth-order valence-corrected chi connectivity index (χ4v) is 5.44. The van der Waals surface area contributed by atoms with Gasteiger partial charge in [-0.3, -0.25) is 4.90 Å². The van der Waals surface area contributed by atoms with Gasteiger partial charge < -0.3 is 14.4 Å². The molecule has 0 amide bonds. The molecule has 3 aromatic rings. The number of hydrogen-bond donors (Lipinski definition) is 0. The molecular weight excluding hydrogens is 412 g/mol. The molecule has 8 heteroatoms. The topological polar surface area (TPSA) is 67.8 Å². The summed E-state index contributed by atoms with van der Waals surface area (Å²) < 4.78 is 10.8. The van der Waals surface area contributed by atoms with E-state index in [2.05, 4.69) is 38.0 Å². The maximum atomic E-state index is 12.3. The number of esters is 1. The fourth-order valence-electron chi connectivity index (χ4n) is 4.40. The third-order valence-corrected chi connectivity index (χ3v) is 7.18. The van der Waals surface area contributed by atoms with Gasteiger partial charge in [0.1, 0.15) is 27.6 Å². The molecule has 0 N–H and O–H groups in total. The number of nitrogens with zero attached hydrogens (tertiary/aromatic N) is 4. The highest BCUT2D eigenvalue weighted by Crippen LogP contribution is 2.35. The quantitative estimate of drug-likeness (QED) is 0.565. The Bertz CT molecular complexity index is 1120. The molecule has 0 aliphatic carbocycles. The predicted molar refractivity (Wildman–Crippen MR) is 121 cm³/mol. The molecule has 5 rings (SSSR count). The lowest BCUT2D eigenvalue weighted by molar-refractivity contribution is 0.0531. The minimum atomic E-state index is -0.279. The molecule has 7 nitrogen and oxygen atoms in total. The molecule has 0 bridgehead atoms. The maximum Gasteiger partial charge on any atom is 0.348 e. The Morgan fingerprint density at radius 1 is 1.23 bits per heavy atom. The number of piperazine rings is 1. The van der Waals surface area contributed by atoms with Crippen molar-refractivity contribution in [3.8, 4) is 5.75 Å². The number of ether oxygens (including phenoxy) is 2. The van der Waals surface area contributed by atoms with Crippen LogP contribution in [0.3, 0.4) is 0 Å². The molecule has 1 aromatic carbocycles. The molecule has 162 valence electrons. The minimum Gasteiger partial charge on any atom is -0.493 e. The summed E-state index contributed by atoms with van der Waals surface area (Å²) in [6.45, 7) is 9.61. The number of carbonyl (C=O) groups is 1. The Balaban J connectivity index is 1.30. The van der Waals surface area contributed by atoms with Gasteiger partial charge in [0, 0.05) is 39.1 Å². The first kappa shape index (κ1) is 20.2. The summed E-state index contributed by atoms with van der Waals surface area (Å²) in [5.41, 5.74) is 3.58. The zero-order valence-corrected chi connectivity index (χ0v) is 18.7. The SMILES string of the molecule is CCOC(=O)c1sc2ncnc(N3CCN(Cc4ccc5c(c4)CCO5)CC3)c2c1C. The van der Waals surface area contributed by atoms with Gasteiger partial charge in [-0.05, 0) is 36.6 Å². The van der Waals surface area contributed by atoms with Gasteiger partial charge in [0.2, 0.25) is 0 Å². The average molecular weight is 439 g/mol. The summed E-state index contributed by atoms with van der Waals surface area (Å²) >= 11 is 1.39. The third kappa shape index (κ3) is 3.85. The maximum absolute atomic E-state index is 12.3. The van der Waals surface area contributed by atoms with Crippen molar-refractivity contribution < 1.29 is 14.3 Å². The second-order valence-corrected chi connectivity index (χ2v) is 8.96. The summed E-state index contributed by atoms with van der Waals surface area (Å²) in [5.74, 6) is 1.68. The van der Waals surface area contributed by atoms with Crippen molar-refractivity contribution in [3.63, 3.8) is 0 Å². The van der Waals surface area contributed by atoms with Gasteiger partial charge in [-0.2, -0.15) is 0 Å². The van der Waals surface area contributed by atoms with Crippen LogP contribution < -0.4 is 9.64 Å². The van der Waals surface area contributed by atoms with Gasteiger partial charge in [-0.15, -0.1) is 11.3 Å². The van der Waals surface area contributed by atoms with Crippen LogP contribution in [0, 0.1) is 6.92 Å². The number of thiophene rings is 1. The summed E-state index contributed by atoms with van der Waals surface area (Å²) in [7, 11) is 0. The van der Waals surface area contributed by atoms with E-state index in [9.17, 15) is 4.79 Å².